The highest BCUT2D eigenvalue weighted by atomic mass is 16.3. The summed E-state index contributed by atoms with van der Waals surface area (Å²) in [7, 11) is 0. The van der Waals surface area contributed by atoms with Crippen molar-refractivity contribution in [3.8, 4) is 17.3 Å². The van der Waals surface area contributed by atoms with Crippen LogP contribution < -0.4 is 4.90 Å². The molecule has 1 aromatic carbocycles. The van der Waals surface area contributed by atoms with Crippen molar-refractivity contribution in [3.05, 3.63) is 66.0 Å². The van der Waals surface area contributed by atoms with Crippen LogP contribution in [0.25, 0.3) is 11.5 Å². The fraction of sp³-hybridized carbons (Fsp3) is 0.318. The van der Waals surface area contributed by atoms with E-state index in [9.17, 15) is 5.11 Å². The van der Waals surface area contributed by atoms with Crippen molar-refractivity contribution in [2.24, 2.45) is 0 Å². The van der Waals surface area contributed by atoms with Gasteiger partial charge in [-0.05, 0) is 36.2 Å². The number of rotatable bonds is 5. The summed E-state index contributed by atoms with van der Waals surface area (Å²) in [5, 5.41) is 9.66. The molecule has 0 radical (unpaired) electrons. The Kier molecular flexibility index (Phi) is 5.48. The van der Waals surface area contributed by atoms with Crippen LogP contribution in [0.1, 0.15) is 18.2 Å². The molecule has 0 atom stereocenters. The summed E-state index contributed by atoms with van der Waals surface area (Å²) >= 11 is 0. The normalized spacial score (nSPS) is 15.0. The number of nitrogens with zero attached hydrogens (tertiary/aromatic N) is 5. The second kappa shape index (κ2) is 8.35. The molecule has 1 fully saturated rings. The number of aromatic nitrogens is 3. The minimum absolute atomic E-state index is 0.325. The lowest BCUT2D eigenvalue weighted by Crippen LogP contribution is -2.46. The van der Waals surface area contributed by atoms with E-state index in [1.165, 1.54) is 0 Å². The van der Waals surface area contributed by atoms with E-state index in [2.05, 4.69) is 38.8 Å². The number of pyridine rings is 1. The first kappa shape index (κ1) is 18.4. The van der Waals surface area contributed by atoms with Gasteiger partial charge in [-0.15, -0.1) is 0 Å². The summed E-state index contributed by atoms with van der Waals surface area (Å²) in [6.07, 6.45) is 2.64. The Morgan fingerprint density at radius 3 is 2.54 bits per heavy atom. The van der Waals surface area contributed by atoms with E-state index >= 15 is 0 Å². The van der Waals surface area contributed by atoms with E-state index in [0.29, 0.717) is 11.6 Å². The number of piperazine rings is 1. The van der Waals surface area contributed by atoms with Crippen LogP contribution >= 0.6 is 0 Å². The molecule has 28 heavy (non-hydrogen) atoms. The number of benzene rings is 1. The van der Waals surface area contributed by atoms with Crippen molar-refractivity contribution in [2.75, 3.05) is 31.1 Å². The van der Waals surface area contributed by atoms with Crippen LogP contribution in [0, 0.1) is 0 Å². The monoisotopic (exact) mass is 375 g/mol. The molecule has 4 rings (SSSR count). The molecule has 0 saturated carbocycles. The van der Waals surface area contributed by atoms with Gasteiger partial charge in [-0.25, -0.2) is 9.97 Å². The first-order valence-electron chi connectivity index (χ1n) is 9.76. The second-order valence-electron chi connectivity index (χ2n) is 7.04. The highest BCUT2D eigenvalue weighted by molar-refractivity contribution is 5.54. The van der Waals surface area contributed by atoms with Gasteiger partial charge in [0.25, 0.3) is 0 Å². The minimum Gasteiger partial charge on any atom is -0.508 e. The quantitative estimate of drug-likeness (QED) is 0.739. The number of hydrogen-bond donors (Lipinski definition) is 1. The SMILES string of the molecule is CCc1cc(N2CCN(Cc3cccc(O)c3)CC2)nc(-c2ccccn2)n1. The summed E-state index contributed by atoms with van der Waals surface area (Å²) in [5.41, 5.74) is 2.98. The lowest BCUT2D eigenvalue weighted by Gasteiger charge is -2.35. The lowest BCUT2D eigenvalue weighted by atomic mass is 10.2. The molecule has 0 unspecified atom stereocenters. The molecule has 2 aromatic heterocycles. The van der Waals surface area contributed by atoms with Crippen molar-refractivity contribution in [2.45, 2.75) is 19.9 Å². The van der Waals surface area contributed by atoms with Crippen molar-refractivity contribution >= 4 is 5.82 Å². The molecule has 1 saturated heterocycles. The van der Waals surface area contributed by atoms with Crippen molar-refractivity contribution in [1.82, 2.24) is 19.9 Å². The number of aromatic hydroxyl groups is 1. The molecule has 3 aromatic rings. The number of hydrogen-bond acceptors (Lipinski definition) is 6. The molecule has 0 spiro atoms. The van der Waals surface area contributed by atoms with Gasteiger partial charge < -0.3 is 10.0 Å². The minimum atomic E-state index is 0.325. The van der Waals surface area contributed by atoms with Gasteiger partial charge in [0.15, 0.2) is 5.82 Å². The van der Waals surface area contributed by atoms with Crippen LogP contribution in [0.2, 0.25) is 0 Å². The van der Waals surface area contributed by atoms with E-state index < -0.39 is 0 Å². The number of anilines is 1. The first-order chi connectivity index (χ1) is 13.7. The molecule has 6 heteroatoms. The van der Waals surface area contributed by atoms with Gasteiger partial charge in [0.05, 0.1) is 0 Å². The van der Waals surface area contributed by atoms with E-state index in [1.807, 2.05) is 30.3 Å². The molecule has 0 amide bonds. The van der Waals surface area contributed by atoms with Crippen LogP contribution in [0.15, 0.2) is 54.7 Å². The van der Waals surface area contributed by atoms with Gasteiger partial charge in [-0.3, -0.25) is 9.88 Å². The highest BCUT2D eigenvalue weighted by Gasteiger charge is 2.20. The van der Waals surface area contributed by atoms with Crippen molar-refractivity contribution < 1.29 is 5.11 Å². The molecular weight excluding hydrogens is 350 g/mol. The lowest BCUT2D eigenvalue weighted by molar-refractivity contribution is 0.249. The average molecular weight is 375 g/mol. The maximum absolute atomic E-state index is 9.66. The largest absolute Gasteiger partial charge is 0.508 e. The van der Waals surface area contributed by atoms with Gasteiger partial charge in [0, 0.05) is 50.7 Å². The Labute approximate surface area is 165 Å². The molecule has 3 heterocycles. The average Bonchev–Trinajstić information content (AvgIpc) is 2.74. The Morgan fingerprint density at radius 1 is 0.964 bits per heavy atom. The summed E-state index contributed by atoms with van der Waals surface area (Å²) in [4.78, 5) is 18.6. The summed E-state index contributed by atoms with van der Waals surface area (Å²) in [6.45, 7) is 6.72. The number of aryl methyl sites for hydroxylation is 1. The molecule has 0 aliphatic carbocycles. The third-order valence-corrected chi connectivity index (χ3v) is 5.03. The molecule has 1 N–H and O–H groups in total. The Morgan fingerprint density at radius 2 is 1.82 bits per heavy atom. The molecular formula is C22H25N5O. The standard InChI is InChI=1S/C22H25N5O/c1-2-18-15-21(25-22(24-18)20-8-3-4-9-23-20)27-12-10-26(11-13-27)16-17-6-5-7-19(28)14-17/h3-9,14-15,28H,2,10-13,16H2,1H3. The van der Waals surface area contributed by atoms with Gasteiger partial charge in [0.2, 0.25) is 0 Å². The summed E-state index contributed by atoms with van der Waals surface area (Å²) < 4.78 is 0. The van der Waals surface area contributed by atoms with Gasteiger partial charge in [-0.1, -0.05) is 25.1 Å². The third kappa shape index (κ3) is 4.28. The van der Waals surface area contributed by atoms with E-state index in [4.69, 9.17) is 4.98 Å². The molecule has 1 aliphatic rings. The molecule has 1 aliphatic heterocycles. The van der Waals surface area contributed by atoms with Crippen LogP contribution in [0.3, 0.4) is 0 Å². The van der Waals surface area contributed by atoms with Gasteiger partial charge >= 0.3 is 0 Å². The van der Waals surface area contributed by atoms with Gasteiger partial charge in [0.1, 0.15) is 17.3 Å². The topological polar surface area (TPSA) is 65.4 Å². The predicted molar refractivity (Wildman–Crippen MR) is 110 cm³/mol. The Hall–Kier alpha value is -2.99. The highest BCUT2D eigenvalue weighted by Crippen LogP contribution is 2.21. The smallest absolute Gasteiger partial charge is 0.180 e. The first-order valence-corrected chi connectivity index (χ1v) is 9.76. The summed E-state index contributed by atoms with van der Waals surface area (Å²) in [5.74, 6) is 1.99. The second-order valence-corrected chi connectivity index (χ2v) is 7.04. The summed E-state index contributed by atoms with van der Waals surface area (Å²) in [6, 6.07) is 15.4. The number of phenols is 1. The molecule has 0 bridgehead atoms. The molecule has 144 valence electrons. The van der Waals surface area contributed by atoms with Crippen LogP contribution in [0.5, 0.6) is 5.75 Å². The van der Waals surface area contributed by atoms with Crippen molar-refractivity contribution in [1.29, 1.82) is 0 Å². The zero-order chi connectivity index (χ0) is 19.3. The fourth-order valence-corrected chi connectivity index (χ4v) is 3.48. The van der Waals surface area contributed by atoms with Crippen LogP contribution in [-0.4, -0.2) is 51.1 Å². The third-order valence-electron chi connectivity index (χ3n) is 5.03. The maximum Gasteiger partial charge on any atom is 0.180 e. The zero-order valence-electron chi connectivity index (χ0n) is 16.1. The van der Waals surface area contributed by atoms with Crippen LogP contribution in [0.4, 0.5) is 5.82 Å². The van der Waals surface area contributed by atoms with Crippen LogP contribution in [-0.2, 0) is 13.0 Å². The van der Waals surface area contributed by atoms with Crippen molar-refractivity contribution in [3.63, 3.8) is 0 Å². The maximum atomic E-state index is 9.66. The predicted octanol–water partition coefficient (Wildman–Crippen LogP) is 3.13. The van der Waals surface area contributed by atoms with E-state index in [0.717, 1.165) is 61.9 Å². The fourth-order valence-electron chi connectivity index (χ4n) is 3.48. The molecule has 6 nitrogen and oxygen atoms in total. The Bertz CT molecular complexity index is 923. The number of phenolic OH excluding ortho intramolecular Hbond substituents is 1. The Balaban J connectivity index is 1.47. The van der Waals surface area contributed by atoms with Gasteiger partial charge in [-0.2, -0.15) is 0 Å². The van der Waals surface area contributed by atoms with E-state index in [1.54, 1.807) is 12.3 Å². The van der Waals surface area contributed by atoms with E-state index in [-0.39, 0.29) is 0 Å². The zero-order valence-corrected chi connectivity index (χ0v) is 16.1.